The first-order valence-corrected chi connectivity index (χ1v) is 12.4. The lowest BCUT2D eigenvalue weighted by Gasteiger charge is -2.24. The molecule has 2 saturated heterocycles. The maximum absolute atomic E-state index is 13.2. The number of ether oxygens (including phenoxy) is 1. The molecule has 0 spiro atoms. The van der Waals surface area contributed by atoms with Crippen molar-refractivity contribution in [1.29, 1.82) is 0 Å². The van der Waals surface area contributed by atoms with Crippen LogP contribution in [0.1, 0.15) is 43.7 Å². The molecule has 2 aromatic carbocycles. The van der Waals surface area contributed by atoms with E-state index in [1.54, 1.807) is 0 Å². The van der Waals surface area contributed by atoms with Gasteiger partial charge in [0, 0.05) is 39.2 Å². The number of benzene rings is 2. The van der Waals surface area contributed by atoms with Crippen LogP contribution in [0.5, 0.6) is 0 Å². The molecule has 2 heterocycles. The van der Waals surface area contributed by atoms with Crippen molar-refractivity contribution in [2.45, 2.75) is 52.1 Å². The van der Waals surface area contributed by atoms with Crippen LogP contribution in [0.3, 0.4) is 0 Å². The van der Waals surface area contributed by atoms with Crippen molar-refractivity contribution in [1.82, 2.24) is 9.80 Å². The molecular weight excluding hydrogens is 412 g/mol. The second-order valence-electron chi connectivity index (χ2n) is 9.40. The second-order valence-corrected chi connectivity index (χ2v) is 9.40. The van der Waals surface area contributed by atoms with E-state index in [4.69, 9.17) is 4.74 Å². The first-order valence-electron chi connectivity index (χ1n) is 12.4. The number of carbonyl (C=O) groups is 2. The van der Waals surface area contributed by atoms with Crippen LogP contribution in [0.2, 0.25) is 0 Å². The zero-order valence-electron chi connectivity index (χ0n) is 20.0. The number of amides is 2. The van der Waals surface area contributed by atoms with Crippen molar-refractivity contribution < 1.29 is 14.3 Å². The van der Waals surface area contributed by atoms with Gasteiger partial charge in [-0.25, -0.2) is 0 Å². The maximum atomic E-state index is 13.2. The summed E-state index contributed by atoms with van der Waals surface area (Å²) in [5, 5.41) is 0. The van der Waals surface area contributed by atoms with Crippen LogP contribution < -0.4 is 0 Å². The van der Waals surface area contributed by atoms with Crippen molar-refractivity contribution in [3.8, 4) is 11.1 Å². The van der Waals surface area contributed by atoms with Crippen molar-refractivity contribution in [3.63, 3.8) is 0 Å². The molecule has 0 saturated carbocycles. The average molecular weight is 449 g/mol. The molecule has 176 valence electrons. The standard InChI is InChI=1S/C28H36N2O3/c1-3-29-15-16-30(27(31)14-13-26-8-5-17-33-26)20-25(28(29)32)19-22-9-11-23(12-10-22)24-7-4-6-21(2)18-24/h4,6-7,9-12,18,25-26H,3,5,8,13-17,19-20H2,1-2H3/t25-,26+/m1/s1. The van der Waals surface area contributed by atoms with E-state index in [-0.39, 0.29) is 23.8 Å². The largest absolute Gasteiger partial charge is 0.378 e. The molecule has 0 bridgehead atoms. The Labute approximate surface area is 197 Å². The summed E-state index contributed by atoms with van der Waals surface area (Å²) in [6.45, 7) is 7.34. The van der Waals surface area contributed by atoms with Gasteiger partial charge >= 0.3 is 0 Å². The van der Waals surface area contributed by atoms with Crippen LogP contribution in [0.4, 0.5) is 0 Å². The topological polar surface area (TPSA) is 49.9 Å². The molecule has 2 aromatic rings. The maximum Gasteiger partial charge on any atom is 0.227 e. The molecule has 33 heavy (non-hydrogen) atoms. The molecule has 2 aliphatic rings. The van der Waals surface area contributed by atoms with E-state index in [1.165, 1.54) is 16.7 Å². The highest BCUT2D eigenvalue weighted by Gasteiger charge is 2.32. The number of hydrogen-bond acceptors (Lipinski definition) is 3. The molecule has 2 aliphatic heterocycles. The SMILES string of the molecule is CCN1CCN(C(=O)CC[C@@H]2CCCO2)C[C@@H](Cc2ccc(-c3cccc(C)c3)cc2)C1=O. The number of nitrogens with zero attached hydrogens (tertiary/aromatic N) is 2. The normalized spacial score (nSPS) is 21.3. The summed E-state index contributed by atoms with van der Waals surface area (Å²) in [5.74, 6) is 0.106. The van der Waals surface area contributed by atoms with E-state index in [0.717, 1.165) is 31.4 Å². The molecule has 0 aliphatic carbocycles. The lowest BCUT2D eigenvalue weighted by atomic mass is 9.95. The molecule has 0 unspecified atom stereocenters. The minimum atomic E-state index is -0.205. The van der Waals surface area contributed by atoms with Crippen LogP contribution >= 0.6 is 0 Å². The predicted octanol–water partition coefficient (Wildman–Crippen LogP) is 4.47. The molecule has 5 nitrogen and oxygen atoms in total. The average Bonchev–Trinajstić information content (AvgIpc) is 3.30. The Morgan fingerprint density at radius 2 is 1.91 bits per heavy atom. The number of aryl methyl sites for hydroxylation is 1. The fourth-order valence-corrected chi connectivity index (χ4v) is 4.99. The zero-order valence-corrected chi connectivity index (χ0v) is 20.0. The lowest BCUT2D eigenvalue weighted by molar-refractivity contribution is -0.135. The van der Waals surface area contributed by atoms with Crippen LogP contribution in [0, 0.1) is 12.8 Å². The van der Waals surface area contributed by atoms with Gasteiger partial charge in [-0.05, 0) is 56.2 Å². The number of rotatable bonds is 7. The third-order valence-electron chi connectivity index (χ3n) is 6.97. The summed E-state index contributed by atoms with van der Waals surface area (Å²) in [4.78, 5) is 30.0. The highest BCUT2D eigenvalue weighted by atomic mass is 16.5. The van der Waals surface area contributed by atoms with Gasteiger partial charge in [-0.3, -0.25) is 9.59 Å². The van der Waals surface area contributed by atoms with Crippen LogP contribution in [0.25, 0.3) is 11.1 Å². The molecule has 5 heteroatoms. The van der Waals surface area contributed by atoms with Gasteiger partial charge in [0.05, 0.1) is 12.0 Å². The highest BCUT2D eigenvalue weighted by molar-refractivity contribution is 5.82. The minimum absolute atomic E-state index is 0.149. The summed E-state index contributed by atoms with van der Waals surface area (Å²) >= 11 is 0. The van der Waals surface area contributed by atoms with Gasteiger partial charge in [0.15, 0.2) is 0 Å². The van der Waals surface area contributed by atoms with Crippen molar-refractivity contribution in [3.05, 3.63) is 59.7 Å². The molecule has 0 N–H and O–H groups in total. The summed E-state index contributed by atoms with van der Waals surface area (Å²) in [7, 11) is 0. The Balaban J connectivity index is 1.43. The monoisotopic (exact) mass is 448 g/mol. The Morgan fingerprint density at radius 3 is 2.61 bits per heavy atom. The Hall–Kier alpha value is -2.66. The summed E-state index contributed by atoms with van der Waals surface area (Å²) in [6.07, 6.45) is 4.30. The van der Waals surface area contributed by atoms with Crippen LogP contribution in [0.15, 0.2) is 48.5 Å². The number of hydrogen-bond donors (Lipinski definition) is 0. The van der Waals surface area contributed by atoms with Gasteiger partial charge < -0.3 is 14.5 Å². The number of carbonyl (C=O) groups excluding carboxylic acids is 2. The van der Waals surface area contributed by atoms with Crippen molar-refractivity contribution in [2.75, 3.05) is 32.8 Å². The molecule has 2 fully saturated rings. The quantitative estimate of drug-likeness (QED) is 0.628. The molecule has 2 atom stereocenters. The van der Waals surface area contributed by atoms with Gasteiger partial charge in [-0.2, -0.15) is 0 Å². The van der Waals surface area contributed by atoms with Gasteiger partial charge in [0.1, 0.15) is 0 Å². The van der Waals surface area contributed by atoms with Crippen LogP contribution in [-0.2, 0) is 20.7 Å². The second kappa shape index (κ2) is 11.0. The molecule has 2 amide bonds. The lowest BCUT2D eigenvalue weighted by Crippen LogP contribution is -2.38. The fraction of sp³-hybridized carbons (Fsp3) is 0.500. The summed E-state index contributed by atoms with van der Waals surface area (Å²) in [5.41, 5.74) is 4.75. The van der Waals surface area contributed by atoms with Gasteiger partial charge in [0.25, 0.3) is 0 Å². The first kappa shape index (κ1) is 23.5. The fourth-order valence-electron chi connectivity index (χ4n) is 4.99. The van der Waals surface area contributed by atoms with Crippen molar-refractivity contribution >= 4 is 11.8 Å². The Kier molecular flexibility index (Phi) is 7.81. The Bertz CT molecular complexity index is 950. The van der Waals surface area contributed by atoms with Gasteiger partial charge in [-0.1, -0.05) is 54.1 Å². The smallest absolute Gasteiger partial charge is 0.227 e. The highest BCUT2D eigenvalue weighted by Crippen LogP contribution is 2.24. The van der Waals surface area contributed by atoms with Crippen molar-refractivity contribution in [2.24, 2.45) is 5.92 Å². The van der Waals surface area contributed by atoms with E-state index in [2.05, 4.69) is 55.5 Å². The molecule has 0 aromatic heterocycles. The predicted molar refractivity (Wildman–Crippen MR) is 131 cm³/mol. The summed E-state index contributed by atoms with van der Waals surface area (Å²) in [6, 6.07) is 17.0. The van der Waals surface area contributed by atoms with E-state index < -0.39 is 0 Å². The minimum Gasteiger partial charge on any atom is -0.378 e. The van der Waals surface area contributed by atoms with Crippen LogP contribution in [-0.4, -0.2) is 60.5 Å². The first-order chi connectivity index (χ1) is 16.0. The van der Waals surface area contributed by atoms with E-state index in [9.17, 15) is 9.59 Å². The van der Waals surface area contributed by atoms with Gasteiger partial charge in [-0.15, -0.1) is 0 Å². The molecule has 0 radical (unpaired) electrons. The third-order valence-corrected chi connectivity index (χ3v) is 6.97. The van der Waals surface area contributed by atoms with E-state index in [1.807, 2.05) is 16.7 Å². The summed E-state index contributed by atoms with van der Waals surface area (Å²) < 4.78 is 5.68. The van der Waals surface area contributed by atoms with E-state index >= 15 is 0 Å². The van der Waals surface area contributed by atoms with E-state index in [0.29, 0.717) is 39.0 Å². The zero-order chi connectivity index (χ0) is 23.2. The van der Waals surface area contributed by atoms with Gasteiger partial charge in [0.2, 0.25) is 11.8 Å². The Morgan fingerprint density at radius 1 is 1.09 bits per heavy atom. The number of likely N-dealkylation sites (N-methyl/N-ethyl adjacent to an activating group) is 1. The molecule has 4 rings (SSSR count). The third kappa shape index (κ3) is 6.02. The molecular formula is C28H36N2O3.